The summed E-state index contributed by atoms with van der Waals surface area (Å²) in [5.41, 5.74) is 0.674. The molecule has 0 saturated carbocycles. The fraction of sp³-hybridized carbons (Fsp3) is 0.0714. The van der Waals surface area contributed by atoms with Crippen LogP contribution in [0.1, 0.15) is 11.1 Å². The molecule has 0 bridgehead atoms. The Morgan fingerprint density at radius 3 is 2.75 bits per heavy atom. The van der Waals surface area contributed by atoms with Crippen LogP contribution in [-0.2, 0) is 6.61 Å². The van der Waals surface area contributed by atoms with E-state index in [9.17, 15) is 8.78 Å². The quantitative estimate of drug-likeness (QED) is 0.533. The number of halogens is 3. The molecular weight excluding hydrogens is 286 g/mol. The zero-order valence-corrected chi connectivity index (χ0v) is 11.1. The lowest BCUT2D eigenvalue weighted by Gasteiger charge is -2.10. The molecule has 0 saturated heterocycles. The maximum absolute atomic E-state index is 13.5. The third kappa shape index (κ3) is 3.45. The highest BCUT2D eigenvalue weighted by atomic mass is 35.5. The summed E-state index contributed by atoms with van der Waals surface area (Å²) in [7, 11) is 0. The maximum Gasteiger partial charge on any atom is 0.130 e. The molecule has 0 unspecified atom stereocenters. The normalized spacial score (nSPS) is 10.9. The van der Waals surface area contributed by atoms with Crippen molar-refractivity contribution in [2.75, 3.05) is 0 Å². The van der Waals surface area contributed by atoms with E-state index < -0.39 is 11.6 Å². The third-order valence-electron chi connectivity index (χ3n) is 2.58. The van der Waals surface area contributed by atoms with Crippen LogP contribution in [0.2, 0.25) is 5.02 Å². The Kier molecular flexibility index (Phi) is 4.53. The molecule has 0 aromatic heterocycles. The van der Waals surface area contributed by atoms with Gasteiger partial charge in [-0.2, -0.15) is 5.10 Å². The summed E-state index contributed by atoms with van der Waals surface area (Å²) < 4.78 is 32.0. The van der Waals surface area contributed by atoms with Crippen LogP contribution in [0.4, 0.5) is 8.78 Å². The molecule has 2 aromatic rings. The van der Waals surface area contributed by atoms with E-state index in [2.05, 4.69) is 5.10 Å². The first-order valence-electron chi connectivity index (χ1n) is 5.69. The van der Waals surface area contributed by atoms with Crippen molar-refractivity contribution in [1.82, 2.24) is 0 Å². The van der Waals surface area contributed by atoms with E-state index in [4.69, 9.17) is 22.2 Å². The van der Waals surface area contributed by atoms with Gasteiger partial charge in [0.1, 0.15) is 24.0 Å². The summed E-state index contributed by atoms with van der Waals surface area (Å²) in [6.07, 6.45) is 1.36. The zero-order valence-electron chi connectivity index (χ0n) is 10.3. The molecule has 104 valence electrons. The largest absolute Gasteiger partial charge is 0.488 e. The van der Waals surface area contributed by atoms with Crippen molar-refractivity contribution in [3.05, 3.63) is 64.2 Å². The van der Waals surface area contributed by atoms with E-state index >= 15 is 0 Å². The van der Waals surface area contributed by atoms with Crippen molar-refractivity contribution < 1.29 is 13.5 Å². The Hall–Kier alpha value is -2.14. The average molecular weight is 297 g/mol. The first kappa shape index (κ1) is 14.3. The molecule has 2 aromatic carbocycles. The lowest BCUT2D eigenvalue weighted by molar-refractivity contribution is 0.298. The maximum atomic E-state index is 13.5. The van der Waals surface area contributed by atoms with Gasteiger partial charge in [-0.05, 0) is 36.4 Å². The number of rotatable bonds is 4. The molecule has 0 amide bonds. The Labute approximate surface area is 119 Å². The average Bonchev–Trinajstić information content (AvgIpc) is 2.42. The summed E-state index contributed by atoms with van der Waals surface area (Å²) in [5, 5.41) is 3.89. The molecule has 0 spiro atoms. The molecule has 0 aliphatic rings. The molecule has 6 heteroatoms. The SMILES string of the molecule is NN=Cc1cc(Cl)ccc1OCc1cc(F)ccc1F. The van der Waals surface area contributed by atoms with Crippen LogP contribution in [0.5, 0.6) is 5.75 Å². The number of nitrogens with zero attached hydrogens (tertiary/aromatic N) is 1. The molecule has 2 rings (SSSR count). The van der Waals surface area contributed by atoms with Gasteiger partial charge in [-0.3, -0.25) is 0 Å². The van der Waals surface area contributed by atoms with Crippen LogP contribution in [0.15, 0.2) is 41.5 Å². The number of hydrogen-bond donors (Lipinski definition) is 1. The van der Waals surface area contributed by atoms with Crippen LogP contribution < -0.4 is 10.6 Å². The predicted molar refractivity (Wildman–Crippen MR) is 73.9 cm³/mol. The van der Waals surface area contributed by atoms with Gasteiger partial charge in [-0.15, -0.1) is 0 Å². The number of hydrogen-bond acceptors (Lipinski definition) is 3. The molecule has 2 N–H and O–H groups in total. The molecule has 0 heterocycles. The Balaban J connectivity index is 2.20. The summed E-state index contributed by atoms with van der Waals surface area (Å²) in [5.74, 6) is 4.46. The highest BCUT2D eigenvalue weighted by Crippen LogP contribution is 2.23. The number of ether oxygens (including phenoxy) is 1. The van der Waals surface area contributed by atoms with Gasteiger partial charge in [0.25, 0.3) is 0 Å². The first-order chi connectivity index (χ1) is 9.60. The summed E-state index contributed by atoms with van der Waals surface area (Å²) in [4.78, 5) is 0. The fourth-order valence-electron chi connectivity index (χ4n) is 1.64. The van der Waals surface area contributed by atoms with Crippen LogP contribution in [0, 0.1) is 11.6 Å². The molecule has 20 heavy (non-hydrogen) atoms. The minimum atomic E-state index is -0.533. The smallest absolute Gasteiger partial charge is 0.130 e. The summed E-state index contributed by atoms with van der Waals surface area (Å²) >= 11 is 5.85. The topological polar surface area (TPSA) is 47.6 Å². The molecule has 0 atom stereocenters. The van der Waals surface area contributed by atoms with Crippen LogP contribution >= 0.6 is 11.6 Å². The molecule has 0 aliphatic carbocycles. The van der Waals surface area contributed by atoms with Gasteiger partial charge < -0.3 is 10.6 Å². The minimum Gasteiger partial charge on any atom is -0.488 e. The summed E-state index contributed by atoms with van der Waals surface area (Å²) in [6, 6.07) is 8.02. The predicted octanol–water partition coefficient (Wildman–Crippen LogP) is 3.49. The van der Waals surface area contributed by atoms with Crippen molar-refractivity contribution in [3.63, 3.8) is 0 Å². The van der Waals surface area contributed by atoms with E-state index in [0.29, 0.717) is 16.3 Å². The number of hydrazone groups is 1. The van der Waals surface area contributed by atoms with Crippen molar-refractivity contribution in [1.29, 1.82) is 0 Å². The van der Waals surface area contributed by atoms with Gasteiger partial charge in [-0.1, -0.05) is 11.6 Å². The van der Waals surface area contributed by atoms with Gasteiger partial charge in [0.15, 0.2) is 0 Å². The first-order valence-corrected chi connectivity index (χ1v) is 6.07. The van der Waals surface area contributed by atoms with Gasteiger partial charge in [0.05, 0.1) is 6.21 Å². The highest BCUT2D eigenvalue weighted by molar-refractivity contribution is 6.30. The van der Waals surface area contributed by atoms with Gasteiger partial charge >= 0.3 is 0 Å². The lowest BCUT2D eigenvalue weighted by Crippen LogP contribution is -2.01. The van der Waals surface area contributed by atoms with Crippen molar-refractivity contribution >= 4 is 17.8 Å². The van der Waals surface area contributed by atoms with Gasteiger partial charge in [0.2, 0.25) is 0 Å². The Bertz CT molecular complexity index is 647. The molecule has 3 nitrogen and oxygen atoms in total. The van der Waals surface area contributed by atoms with Gasteiger partial charge in [-0.25, -0.2) is 8.78 Å². The molecule has 0 radical (unpaired) electrons. The summed E-state index contributed by atoms with van der Waals surface area (Å²) in [6.45, 7) is -0.114. The second kappa shape index (κ2) is 6.34. The minimum absolute atomic E-state index is 0.114. The van der Waals surface area contributed by atoms with Crippen LogP contribution in [0.3, 0.4) is 0 Å². The van der Waals surface area contributed by atoms with Crippen molar-refractivity contribution in [3.8, 4) is 5.75 Å². The second-order valence-electron chi connectivity index (χ2n) is 3.98. The monoisotopic (exact) mass is 296 g/mol. The Morgan fingerprint density at radius 1 is 1.20 bits per heavy atom. The lowest BCUT2D eigenvalue weighted by atomic mass is 10.2. The zero-order chi connectivity index (χ0) is 14.5. The Morgan fingerprint density at radius 2 is 2.00 bits per heavy atom. The van der Waals surface area contributed by atoms with E-state index in [1.165, 1.54) is 6.21 Å². The standard InChI is InChI=1S/C14H11ClF2N2O/c15-11-1-4-14(9(5-11)7-19-18)20-8-10-6-12(16)2-3-13(10)17/h1-7H,8,18H2. The second-order valence-corrected chi connectivity index (χ2v) is 4.42. The van der Waals surface area contributed by atoms with Crippen molar-refractivity contribution in [2.24, 2.45) is 10.9 Å². The highest BCUT2D eigenvalue weighted by Gasteiger charge is 2.07. The van der Waals surface area contributed by atoms with Crippen LogP contribution in [0.25, 0.3) is 0 Å². The van der Waals surface area contributed by atoms with Gasteiger partial charge in [0, 0.05) is 16.1 Å². The molecular formula is C14H11ClF2N2O. The van der Waals surface area contributed by atoms with E-state index in [1.807, 2.05) is 0 Å². The third-order valence-corrected chi connectivity index (χ3v) is 2.81. The molecule has 0 fully saturated rings. The number of benzene rings is 2. The van der Waals surface area contributed by atoms with Crippen LogP contribution in [-0.4, -0.2) is 6.21 Å². The van der Waals surface area contributed by atoms with Crippen molar-refractivity contribution in [2.45, 2.75) is 6.61 Å². The fourth-order valence-corrected chi connectivity index (χ4v) is 1.82. The van der Waals surface area contributed by atoms with E-state index in [-0.39, 0.29) is 12.2 Å². The number of nitrogens with two attached hydrogens (primary N) is 1. The van der Waals surface area contributed by atoms with E-state index in [1.54, 1.807) is 18.2 Å². The van der Waals surface area contributed by atoms with E-state index in [0.717, 1.165) is 18.2 Å². The molecule has 0 aliphatic heterocycles.